The molecule has 0 spiro atoms. The average Bonchev–Trinajstić information content (AvgIpc) is 2.98. The molecular weight excluding hydrogens is 240 g/mol. The van der Waals surface area contributed by atoms with E-state index in [0.717, 1.165) is 13.1 Å². The second-order valence-corrected chi connectivity index (χ2v) is 5.33. The van der Waals surface area contributed by atoms with Crippen molar-refractivity contribution in [3.05, 3.63) is 57.9 Å². The minimum absolute atomic E-state index is 0.907. The van der Waals surface area contributed by atoms with Crippen LogP contribution in [0.3, 0.4) is 0 Å². The number of rotatable bonds is 4. The van der Waals surface area contributed by atoms with Crippen molar-refractivity contribution in [1.29, 1.82) is 0 Å². The van der Waals surface area contributed by atoms with Crippen molar-refractivity contribution < 1.29 is 0 Å². The molecule has 0 aliphatic heterocycles. The lowest BCUT2D eigenvalue weighted by Gasteiger charge is -2.05. The molecule has 3 heteroatoms. The lowest BCUT2D eigenvalue weighted by atomic mass is 10.1. The molecule has 0 saturated heterocycles. The molecule has 2 nitrogen and oxygen atoms in total. The Morgan fingerprint density at radius 2 is 2.11 bits per heavy atom. The summed E-state index contributed by atoms with van der Waals surface area (Å²) in [6, 6.07) is 8.66. The molecule has 0 amide bonds. The Bertz CT molecular complexity index is 651. The topological polar surface area (TPSA) is 27.8 Å². The van der Waals surface area contributed by atoms with Crippen LogP contribution in [0.2, 0.25) is 0 Å². The van der Waals surface area contributed by atoms with Gasteiger partial charge in [0.15, 0.2) is 0 Å². The number of hydrogen-bond donors (Lipinski definition) is 2. The first kappa shape index (κ1) is 11.5. The van der Waals surface area contributed by atoms with E-state index in [1.165, 1.54) is 27.6 Å². The number of aryl methyl sites for hydroxylation is 1. The SMILES string of the molecule is Cc1cscc1CNCc1ccc2cc[nH]c2c1. The van der Waals surface area contributed by atoms with E-state index in [2.05, 4.69) is 52.3 Å². The van der Waals surface area contributed by atoms with Crippen molar-refractivity contribution >= 4 is 22.2 Å². The van der Waals surface area contributed by atoms with Crippen molar-refractivity contribution in [1.82, 2.24) is 10.3 Å². The van der Waals surface area contributed by atoms with Crippen LogP contribution in [0.4, 0.5) is 0 Å². The monoisotopic (exact) mass is 256 g/mol. The summed E-state index contributed by atoms with van der Waals surface area (Å²) in [5, 5.41) is 9.18. The molecule has 92 valence electrons. The Morgan fingerprint density at radius 3 is 2.94 bits per heavy atom. The zero-order valence-electron chi connectivity index (χ0n) is 10.4. The predicted octanol–water partition coefficient (Wildman–Crippen LogP) is 3.83. The Kier molecular flexibility index (Phi) is 3.17. The minimum atomic E-state index is 0.907. The quantitative estimate of drug-likeness (QED) is 0.729. The van der Waals surface area contributed by atoms with E-state index in [-0.39, 0.29) is 0 Å². The van der Waals surface area contributed by atoms with Gasteiger partial charge in [-0.1, -0.05) is 12.1 Å². The summed E-state index contributed by atoms with van der Waals surface area (Å²) in [6.07, 6.45) is 1.98. The molecule has 1 aromatic carbocycles. The van der Waals surface area contributed by atoms with Gasteiger partial charge in [-0.3, -0.25) is 0 Å². The highest BCUT2D eigenvalue weighted by molar-refractivity contribution is 7.08. The van der Waals surface area contributed by atoms with Crippen molar-refractivity contribution in [3.63, 3.8) is 0 Å². The van der Waals surface area contributed by atoms with Gasteiger partial charge in [-0.2, -0.15) is 11.3 Å². The number of fused-ring (bicyclic) bond motifs is 1. The van der Waals surface area contributed by atoms with E-state index in [1.54, 1.807) is 11.3 Å². The number of aromatic nitrogens is 1. The zero-order chi connectivity index (χ0) is 12.4. The zero-order valence-corrected chi connectivity index (χ0v) is 11.2. The molecule has 0 saturated carbocycles. The summed E-state index contributed by atoms with van der Waals surface area (Å²) in [4.78, 5) is 3.25. The third-order valence-electron chi connectivity index (χ3n) is 3.23. The van der Waals surface area contributed by atoms with E-state index >= 15 is 0 Å². The van der Waals surface area contributed by atoms with Crippen molar-refractivity contribution in [3.8, 4) is 0 Å². The molecule has 3 aromatic rings. The maximum atomic E-state index is 3.49. The molecule has 2 aromatic heterocycles. The van der Waals surface area contributed by atoms with Gasteiger partial charge in [0, 0.05) is 24.8 Å². The first-order valence-corrected chi connectivity index (χ1v) is 7.05. The van der Waals surface area contributed by atoms with Crippen LogP contribution in [0.5, 0.6) is 0 Å². The summed E-state index contributed by atoms with van der Waals surface area (Å²) >= 11 is 1.77. The summed E-state index contributed by atoms with van der Waals surface area (Å²) in [6.45, 7) is 4.01. The van der Waals surface area contributed by atoms with Gasteiger partial charge in [0.25, 0.3) is 0 Å². The van der Waals surface area contributed by atoms with Gasteiger partial charge in [0.1, 0.15) is 0 Å². The predicted molar refractivity (Wildman–Crippen MR) is 77.9 cm³/mol. The molecule has 3 rings (SSSR count). The molecule has 0 radical (unpaired) electrons. The Labute approximate surface area is 111 Å². The van der Waals surface area contributed by atoms with Crippen LogP contribution in [0.15, 0.2) is 41.2 Å². The molecule has 0 atom stereocenters. The number of nitrogens with one attached hydrogen (secondary N) is 2. The number of aromatic amines is 1. The van der Waals surface area contributed by atoms with E-state index in [1.807, 2.05) is 6.20 Å². The smallest absolute Gasteiger partial charge is 0.0457 e. The summed E-state index contributed by atoms with van der Waals surface area (Å²) in [5.41, 5.74) is 5.31. The molecule has 18 heavy (non-hydrogen) atoms. The first-order chi connectivity index (χ1) is 8.83. The lowest BCUT2D eigenvalue weighted by molar-refractivity contribution is 0.693. The van der Waals surface area contributed by atoms with Gasteiger partial charge in [0.05, 0.1) is 0 Å². The first-order valence-electron chi connectivity index (χ1n) is 6.11. The fourth-order valence-electron chi connectivity index (χ4n) is 2.11. The second-order valence-electron chi connectivity index (χ2n) is 4.58. The highest BCUT2D eigenvalue weighted by atomic mass is 32.1. The van der Waals surface area contributed by atoms with Crippen LogP contribution in [0.25, 0.3) is 10.9 Å². The molecule has 0 aliphatic carbocycles. The molecule has 0 fully saturated rings. The van der Waals surface area contributed by atoms with Crippen LogP contribution in [0.1, 0.15) is 16.7 Å². The largest absolute Gasteiger partial charge is 0.361 e. The normalized spacial score (nSPS) is 11.2. The van der Waals surface area contributed by atoms with Gasteiger partial charge >= 0.3 is 0 Å². The molecular formula is C15H16N2S. The Hall–Kier alpha value is -1.58. The molecule has 2 N–H and O–H groups in total. The van der Waals surface area contributed by atoms with Gasteiger partial charge in [-0.25, -0.2) is 0 Å². The molecule has 0 bridgehead atoms. The van der Waals surface area contributed by atoms with Crippen LogP contribution in [-0.4, -0.2) is 4.98 Å². The van der Waals surface area contributed by atoms with Gasteiger partial charge in [0.2, 0.25) is 0 Å². The number of benzene rings is 1. The third kappa shape index (κ3) is 2.33. The molecule has 0 unspecified atom stereocenters. The van der Waals surface area contributed by atoms with Crippen LogP contribution >= 0.6 is 11.3 Å². The van der Waals surface area contributed by atoms with Crippen LogP contribution in [0, 0.1) is 6.92 Å². The van der Waals surface area contributed by atoms with Crippen LogP contribution < -0.4 is 5.32 Å². The maximum absolute atomic E-state index is 3.49. The molecule has 2 heterocycles. The Balaban J connectivity index is 1.64. The van der Waals surface area contributed by atoms with Crippen molar-refractivity contribution in [2.24, 2.45) is 0 Å². The van der Waals surface area contributed by atoms with Crippen molar-refractivity contribution in [2.45, 2.75) is 20.0 Å². The highest BCUT2D eigenvalue weighted by Crippen LogP contribution is 2.15. The fourth-order valence-corrected chi connectivity index (χ4v) is 2.97. The van der Waals surface area contributed by atoms with E-state index in [0.29, 0.717) is 0 Å². The third-order valence-corrected chi connectivity index (χ3v) is 4.14. The van der Waals surface area contributed by atoms with E-state index in [4.69, 9.17) is 0 Å². The van der Waals surface area contributed by atoms with Crippen molar-refractivity contribution in [2.75, 3.05) is 0 Å². The van der Waals surface area contributed by atoms with Crippen LogP contribution in [-0.2, 0) is 13.1 Å². The van der Waals surface area contributed by atoms with Gasteiger partial charge < -0.3 is 10.3 Å². The Morgan fingerprint density at radius 1 is 1.17 bits per heavy atom. The summed E-state index contributed by atoms with van der Waals surface area (Å²) in [5.74, 6) is 0. The number of H-pyrrole nitrogens is 1. The second kappa shape index (κ2) is 4.96. The number of hydrogen-bond acceptors (Lipinski definition) is 2. The highest BCUT2D eigenvalue weighted by Gasteiger charge is 2.00. The summed E-state index contributed by atoms with van der Waals surface area (Å²) in [7, 11) is 0. The van der Waals surface area contributed by atoms with E-state index in [9.17, 15) is 0 Å². The standard InChI is InChI=1S/C15H16N2S/c1-11-9-18-10-14(11)8-16-7-12-2-3-13-4-5-17-15(13)6-12/h2-6,9-10,16-17H,7-8H2,1H3. The average molecular weight is 256 g/mol. The number of thiophene rings is 1. The summed E-state index contributed by atoms with van der Waals surface area (Å²) < 4.78 is 0. The van der Waals surface area contributed by atoms with Gasteiger partial charge in [-0.05, 0) is 51.9 Å². The van der Waals surface area contributed by atoms with Gasteiger partial charge in [-0.15, -0.1) is 0 Å². The fraction of sp³-hybridized carbons (Fsp3) is 0.200. The maximum Gasteiger partial charge on any atom is 0.0457 e. The lowest BCUT2D eigenvalue weighted by Crippen LogP contribution is -2.12. The minimum Gasteiger partial charge on any atom is -0.361 e. The molecule has 0 aliphatic rings. The van der Waals surface area contributed by atoms with E-state index < -0.39 is 0 Å².